The summed E-state index contributed by atoms with van der Waals surface area (Å²) in [4.78, 5) is 2.62. The molecule has 0 amide bonds. The van der Waals surface area contributed by atoms with Gasteiger partial charge in [-0.1, -0.05) is 0 Å². The van der Waals surface area contributed by atoms with Crippen LogP contribution in [0, 0.1) is 5.92 Å². The molecule has 5 heteroatoms. The van der Waals surface area contributed by atoms with E-state index in [1.54, 1.807) is 0 Å². The molecule has 1 saturated carbocycles. The third-order valence-electron chi connectivity index (χ3n) is 4.07. The molecule has 0 unspecified atom stereocenters. The van der Waals surface area contributed by atoms with E-state index < -0.39 is 0 Å². The van der Waals surface area contributed by atoms with Crippen LogP contribution in [0.4, 0.5) is 0 Å². The maximum absolute atomic E-state index is 5.73. The Morgan fingerprint density at radius 1 is 1.21 bits per heavy atom. The lowest BCUT2D eigenvalue weighted by Crippen LogP contribution is -2.36. The SMILES string of the molecule is Brc1cc(CN(CC2CCNCC2)C2CC2)oc1Br. The van der Waals surface area contributed by atoms with E-state index in [0.29, 0.717) is 0 Å². The van der Waals surface area contributed by atoms with Crippen LogP contribution in [-0.4, -0.2) is 30.6 Å². The molecule has 1 N–H and O–H groups in total. The molecule has 0 atom stereocenters. The second-order valence-corrected chi connectivity index (χ2v) is 7.26. The van der Waals surface area contributed by atoms with Gasteiger partial charge in [-0.25, -0.2) is 0 Å². The van der Waals surface area contributed by atoms with Crippen LogP contribution >= 0.6 is 31.9 Å². The molecular weight excluding hydrogens is 372 g/mol. The van der Waals surface area contributed by atoms with Crippen LogP contribution < -0.4 is 5.32 Å². The summed E-state index contributed by atoms with van der Waals surface area (Å²) in [5, 5.41) is 3.44. The minimum absolute atomic E-state index is 0.789. The average Bonchev–Trinajstić information content (AvgIpc) is 3.18. The van der Waals surface area contributed by atoms with Gasteiger partial charge in [-0.3, -0.25) is 4.90 Å². The maximum atomic E-state index is 5.73. The van der Waals surface area contributed by atoms with Crippen LogP contribution in [0.3, 0.4) is 0 Å². The van der Waals surface area contributed by atoms with Gasteiger partial charge in [0.15, 0.2) is 4.67 Å². The first-order valence-corrected chi connectivity index (χ1v) is 8.69. The lowest BCUT2D eigenvalue weighted by atomic mass is 9.97. The standard InChI is InChI=1S/C14H20Br2N2O/c15-13-7-12(19-14(13)16)9-18(11-1-2-11)8-10-3-5-17-6-4-10/h7,10-11,17H,1-6,8-9H2. The molecule has 0 bridgehead atoms. The van der Waals surface area contributed by atoms with Crippen molar-refractivity contribution in [2.75, 3.05) is 19.6 Å². The Morgan fingerprint density at radius 3 is 2.53 bits per heavy atom. The van der Waals surface area contributed by atoms with Crippen molar-refractivity contribution in [1.82, 2.24) is 10.2 Å². The smallest absolute Gasteiger partial charge is 0.183 e. The number of halogens is 2. The minimum Gasteiger partial charge on any atom is -0.452 e. The summed E-state index contributed by atoms with van der Waals surface area (Å²) >= 11 is 6.91. The third-order valence-corrected chi connectivity index (χ3v) is 5.78. The van der Waals surface area contributed by atoms with Crippen molar-refractivity contribution >= 4 is 31.9 Å². The highest BCUT2D eigenvalue weighted by atomic mass is 79.9. The van der Waals surface area contributed by atoms with Crippen LogP contribution in [0.5, 0.6) is 0 Å². The molecule has 1 aromatic heterocycles. The first kappa shape index (κ1) is 14.1. The zero-order chi connectivity index (χ0) is 13.2. The Morgan fingerprint density at radius 2 is 1.95 bits per heavy atom. The lowest BCUT2D eigenvalue weighted by molar-refractivity contribution is 0.178. The van der Waals surface area contributed by atoms with Gasteiger partial charge in [-0.05, 0) is 82.6 Å². The summed E-state index contributed by atoms with van der Waals surface area (Å²) in [7, 11) is 0. The minimum atomic E-state index is 0.789. The van der Waals surface area contributed by atoms with E-state index in [2.05, 4.69) is 48.1 Å². The van der Waals surface area contributed by atoms with Gasteiger partial charge in [-0.15, -0.1) is 0 Å². The topological polar surface area (TPSA) is 28.4 Å². The summed E-state index contributed by atoms with van der Waals surface area (Å²) in [6.45, 7) is 4.53. The first-order chi connectivity index (χ1) is 9.22. The number of rotatable bonds is 5. The first-order valence-electron chi connectivity index (χ1n) is 7.11. The molecule has 2 aliphatic rings. The Kier molecular flexibility index (Phi) is 4.67. The zero-order valence-electron chi connectivity index (χ0n) is 11.0. The molecule has 1 aliphatic carbocycles. The average molecular weight is 392 g/mol. The molecule has 1 saturated heterocycles. The van der Waals surface area contributed by atoms with Crippen LogP contribution in [0.15, 0.2) is 19.6 Å². The number of nitrogens with zero attached hydrogens (tertiary/aromatic N) is 1. The summed E-state index contributed by atoms with van der Waals surface area (Å²) < 4.78 is 7.55. The van der Waals surface area contributed by atoms with Crippen LogP contribution in [-0.2, 0) is 6.54 Å². The van der Waals surface area contributed by atoms with Crippen molar-refractivity contribution in [1.29, 1.82) is 0 Å². The Labute approximate surface area is 131 Å². The van der Waals surface area contributed by atoms with Gasteiger partial charge in [-0.2, -0.15) is 0 Å². The van der Waals surface area contributed by atoms with E-state index in [-0.39, 0.29) is 0 Å². The van der Waals surface area contributed by atoms with Gasteiger partial charge in [0.2, 0.25) is 0 Å². The molecule has 1 aromatic rings. The second kappa shape index (κ2) is 6.29. The number of hydrogen-bond donors (Lipinski definition) is 1. The third kappa shape index (κ3) is 3.84. The lowest BCUT2D eigenvalue weighted by Gasteiger charge is -2.29. The molecule has 0 radical (unpaired) electrons. The largest absolute Gasteiger partial charge is 0.452 e. The summed E-state index contributed by atoms with van der Waals surface area (Å²) in [6, 6.07) is 2.87. The fourth-order valence-corrected chi connectivity index (χ4v) is 3.51. The number of furan rings is 1. The van der Waals surface area contributed by atoms with Gasteiger partial charge in [0.25, 0.3) is 0 Å². The molecule has 3 rings (SSSR count). The molecule has 0 spiro atoms. The molecule has 2 fully saturated rings. The summed E-state index contributed by atoms with van der Waals surface area (Å²) in [5.74, 6) is 1.91. The van der Waals surface area contributed by atoms with Gasteiger partial charge >= 0.3 is 0 Å². The highest BCUT2D eigenvalue weighted by Gasteiger charge is 2.31. The van der Waals surface area contributed by atoms with E-state index in [9.17, 15) is 0 Å². The number of hydrogen-bond acceptors (Lipinski definition) is 3. The molecule has 19 heavy (non-hydrogen) atoms. The fraction of sp³-hybridized carbons (Fsp3) is 0.714. The molecule has 1 aliphatic heterocycles. The van der Waals surface area contributed by atoms with Gasteiger partial charge in [0.05, 0.1) is 11.0 Å². The fourth-order valence-electron chi connectivity index (χ4n) is 2.85. The van der Waals surface area contributed by atoms with Crippen LogP contribution in [0.1, 0.15) is 31.4 Å². The van der Waals surface area contributed by atoms with Crippen molar-refractivity contribution < 1.29 is 4.42 Å². The van der Waals surface area contributed by atoms with Crippen molar-refractivity contribution in [3.8, 4) is 0 Å². The van der Waals surface area contributed by atoms with E-state index in [1.807, 2.05) is 0 Å². The van der Waals surface area contributed by atoms with E-state index >= 15 is 0 Å². The Bertz CT molecular complexity index is 406. The summed E-state index contributed by atoms with van der Waals surface area (Å²) in [6.07, 6.45) is 5.34. The highest BCUT2D eigenvalue weighted by Crippen LogP contribution is 2.33. The summed E-state index contributed by atoms with van der Waals surface area (Å²) in [5.41, 5.74) is 0. The van der Waals surface area contributed by atoms with Crippen LogP contribution in [0.25, 0.3) is 0 Å². The number of piperidine rings is 1. The van der Waals surface area contributed by atoms with Crippen LogP contribution in [0.2, 0.25) is 0 Å². The normalized spacial score (nSPS) is 21.2. The van der Waals surface area contributed by atoms with Gasteiger partial charge in [0.1, 0.15) is 5.76 Å². The molecule has 3 nitrogen and oxygen atoms in total. The van der Waals surface area contributed by atoms with Crippen molar-refractivity contribution in [2.45, 2.75) is 38.3 Å². The van der Waals surface area contributed by atoms with E-state index in [4.69, 9.17) is 4.42 Å². The number of nitrogens with one attached hydrogen (secondary N) is 1. The monoisotopic (exact) mass is 390 g/mol. The van der Waals surface area contributed by atoms with Crippen molar-refractivity contribution in [2.24, 2.45) is 5.92 Å². The van der Waals surface area contributed by atoms with E-state index in [0.717, 1.165) is 33.4 Å². The quantitative estimate of drug-likeness (QED) is 0.827. The molecule has 2 heterocycles. The highest BCUT2D eigenvalue weighted by molar-refractivity contribution is 9.13. The predicted octanol–water partition coefficient (Wildman–Crippen LogP) is 3.77. The Balaban J connectivity index is 1.60. The van der Waals surface area contributed by atoms with Crippen molar-refractivity contribution in [3.63, 3.8) is 0 Å². The van der Waals surface area contributed by atoms with Crippen molar-refractivity contribution in [3.05, 3.63) is 21.0 Å². The molecule has 0 aromatic carbocycles. The van der Waals surface area contributed by atoms with Gasteiger partial charge in [0, 0.05) is 12.6 Å². The maximum Gasteiger partial charge on any atom is 0.183 e. The molecular formula is C14H20Br2N2O. The Hall–Kier alpha value is 0.160. The van der Waals surface area contributed by atoms with Gasteiger partial charge < -0.3 is 9.73 Å². The van der Waals surface area contributed by atoms with E-state index in [1.165, 1.54) is 45.3 Å². The predicted molar refractivity (Wildman–Crippen MR) is 83.1 cm³/mol. The second-order valence-electron chi connectivity index (χ2n) is 5.69. The molecule has 106 valence electrons. The zero-order valence-corrected chi connectivity index (χ0v) is 14.2.